The zero-order valence-corrected chi connectivity index (χ0v) is 10.2. The molecule has 84 valence electrons. The van der Waals surface area contributed by atoms with Crippen LogP contribution in [-0.2, 0) is 5.92 Å². The van der Waals surface area contributed by atoms with Crippen molar-refractivity contribution in [3.8, 4) is 0 Å². The fourth-order valence-electron chi connectivity index (χ4n) is 1.49. The van der Waals surface area contributed by atoms with Crippen LogP contribution in [0.3, 0.4) is 0 Å². The summed E-state index contributed by atoms with van der Waals surface area (Å²) in [7, 11) is 0. The molecular formula is C11H13BrF2O. The largest absolute Gasteiger partial charge is 0.396 e. The zero-order valence-electron chi connectivity index (χ0n) is 8.65. The molecule has 4 heteroatoms. The van der Waals surface area contributed by atoms with E-state index < -0.39 is 19.0 Å². The molecule has 1 aromatic rings. The lowest BCUT2D eigenvalue weighted by Gasteiger charge is -2.19. The number of hydrogen-bond donors (Lipinski definition) is 1. The SMILES string of the molecule is Cc1ccc(C(F)(F)CCO)c(C)c1Br. The average Bonchev–Trinajstić information content (AvgIpc) is 2.13. The van der Waals surface area contributed by atoms with Crippen LogP contribution in [0.4, 0.5) is 8.78 Å². The maximum atomic E-state index is 13.5. The highest BCUT2D eigenvalue weighted by molar-refractivity contribution is 9.10. The van der Waals surface area contributed by atoms with E-state index in [0.717, 1.165) is 5.56 Å². The third kappa shape index (κ3) is 2.55. The van der Waals surface area contributed by atoms with Crippen LogP contribution in [-0.4, -0.2) is 11.7 Å². The van der Waals surface area contributed by atoms with E-state index in [1.807, 2.05) is 6.92 Å². The van der Waals surface area contributed by atoms with Crippen LogP contribution in [0.1, 0.15) is 23.1 Å². The Bertz CT molecular complexity index is 364. The Morgan fingerprint density at radius 3 is 2.47 bits per heavy atom. The second-order valence-corrected chi connectivity index (χ2v) is 4.34. The predicted octanol–water partition coefficient (Wildman–Crippen LogP) is 3.54. The number of aliphatic hydroxyl groups excluding tert-OH is 1. The molecule has 0 heterocycles. The molecule has 0 aromatic heterocycles. The maximum absolute atomic E-state index is 13.5. The van der Waals surface area contributed by atoms with Gasteiger partial charge in [0.2, 0.25) is 0 Å². The van der Waals surface area contributed by atoms with Crippen LogP contribution in [0.2, 0.25) is 0 Å². The van der Waals surface area contributed by atoms with Crippen LogP contribution < -0.4 is 0 Å². The summed E-state index contributed by atoms with van der Waals surface area (Å²) in [4.78, 5) is 0. The molecule has 0 bridgehead atoms. The smallest absolute Gasteiger partial charge is 0.275 e. The molecule has 1 nitrogen and oxygen atoms in total. The monoisotopic (exact) mass is 278 g/mol. The standard InChI is InChI=1S/C11H13BrF2O/c1-7-3-4-9(8(2)10(7)12)11(13,14)5-6-15/h3-4,15H,5-6H2,1-2H3. The van der Waals surface area contributed by atoms with E-state index >= 15 is 0 Å². The third-order valence-electron chi connectivity index (χ3n) is 2.40. The van der Waals surface area contributed by atoms with Gasteiger partial charge in [0.05, 0.1) is 0 Å². The maximum Gasteiger partial charge on any atom is 0.275 e. The minimum absolute atomic E-state index is 0.0194. The Morgan fingerprint density at radius 2 is 1.93 bits per heavy atom. The number of aliphatic hydroxyl groups is 1. The molecule has 0 radical (unpaired) electrons. The Balaban J connectivity index is 3.21. The van der Waals surface area contributed by atoms with Crippen molar-refractivity contribution in [1.29, 1.82) is 0 Å². The van der Waals surface area contributed by atoms with E-state index in [1.165, 1.54) is 6.07 Å². The molecule has 0 aliphatic rings. The molecule has 0 fully saturated rings. The first-order valence-electron chi connectivity index (χ1n) is 4.65. The Kier molecular flexibility index (Phi) is 3.84. The Labute approximate surface area is 96.2 Å². The summed E-state index contributed by atoms with van der Waals surface area (Å²) >= 11 is 3.28. The molecule has 0 amide bonds. The van der Waals surface area contributed by atoms with E-state index in [0.29, 0.717) is 10.0 Å². The van der Waals surface area contributed by atoms with E-state index in [4.69, 9.17) is 5.11 Å². The van der Waals surface area contributed by atoms with Gasteiger partial charge >= 0.3 is 0 Å². The van der Waals surface area contributed by atoms with Crippen LogP contribution >= 0.6 is 15.9 Å². The normalized spacial score (nSPS) is 11.9. The van der Waals surface area contributed by atoms with Gasteiger partial charge in [-0.25, -0.2) is 8.78 Å². The van der Waals surface area contributed by atoms with Gasteiger partial charge in [-0.05, 0) is 25.0 Å². The Morgan fingerprint density at radius 1 is 1.33 bits per heavy atom. The minimum Gasteiger partial charge on any atom is -0.396 e. The van der Waals surface area contributed by atoms with Crippen molar-refractivity contribution in [3.05, 3.63) is 33.3 Å². The first-order chi connectivity index (χ1) is 6.90. The number of rotatable bonds is 3. The second kappa shape index (κ2) is 4.58. The fourth-order valence-corrected chi connectivity index (χ4v) is 1.84. The van der Waals surface area contributed by atoms with E-state index in [1.54, 1.807) is 13.0 Å². The average molecular weight is 279 g/mol. The van der Waals surface area contributed by atoms with Gasteiger partial charge in [0.25, 0.3) is 5.92 Å². The van der Waals surface area contributed by atoms with Gasteiger partial charge in [-0.3, -0.25) is 0 Å². The summed E-state index contributed by atoms with van der Waals surface area (Å²) < 4.78 is 27.8. The molecule has 0 saturated carbocycles. The van der Waals surface area contributed by atoms with E-state index in [2.05, 4.69) is 15.9 Å². The number of aryl methyl sites for hydroxylation is 1. The lowest BCUT2D eigenvalue weighted by molar-refractivity contribution is -0.0275. The highest BCUT2D eigenvalue weighted by Crippen LogP contribution is 2.37. The minimum atomic E-state index is -2.96. The van der Waals surface area contributed by atoms with Gasteiger partial charge in [-0.1, -0.05) is 28.1 Å². The van der Waals surface area contributed by atoms with E-state index in [-0.39, 0.29) is 5.56 Å². The first kappa shape index (κ1) is 12.6. The van der Waals surface area contributed by atoms with Crippen molar-refractivity contribution in [3.63, 3.8) is 0 Å². The quantitative estimate of drug-likeness (QED) is 0.897. The lowest BCUT2D eigenvalue weighted by atomic mass is 9.98. The van der Waals surface area contributed by atoms with Gasteiger partial charge in [-0.2, -0.15) is 0 Å². The van der Waals surface area contributed by atoms with Crippen molar-refractivity contribution in [2.45, 2.75) is 26.2 Å². The summed E-state index contributed by atoms with van der Waals surface area (Å²) in [6.45, 7) is 2.99. The second-order valence-electron chi connectivity index (χ2n) is 3.55. The Hall–Kier alpha value is -0.480. The van der Waals surface area contributed by atoms with Gasteiger partial charge in [0.1, 0.15) is 0 Å². The number of halogens is 3. The summed E-state index contributed by atoms with van der Waals surface area (Å²) in [5, 5.41) is 8.59. The van der Waals surface area contributed by atoms with Crippen molar-refractivity contribution in [2.24, 2.45) is 0 Å². The summed E-state index contributed by atoms with van der Waals surface area (Å²) in [5.41, 5.74) is 1.44. The molecule has 0 aliphatic heterocycles. The molecule has 0 spiro atoms. The molecule has 1 rings (SSSR count). The highest BCUT2D eigenvalue weighted by atomic mass is 79.9. The molecule has 1 N–H and O–H groups in total. The lowest BCUT2D eigenvalue weighted by Crippen LogP contribution is -2.17. The van der Waals surface area contributed by atoms with E-state index in [9.17, 15) is 8.78 Å². The highest BCUT2D eigenvalue weighted by Gasteiger charge is 2.32. The zero-order chi connectivity index (χ0) is 11.6. The van der Waals surface area contributed by atoms with Crippen molar-refractivity contribution in [1.82, 2.24) is 0 Å². The molecule has 0 unspecified atom stereocenters. The van der Waals surface area contributed by atoms with Gasteiger partial charge < -0.3 is 5.11 Å². The van der Waals surface area contributed by atoms with Gasteiger partial charge in [0.15, 0.2) is 0 Å². The fraction of sp³-hybridized carbons (Fsp3) is 0.455. The molecule has 0 aliphatic carbocycles. The van der Waals surface area contributed by atoms with Crippen molar-refractivity contribution < 1.29 is 13.9 Å². The van der Waals surface area contributed by atoms with Crippen LogP contribution in [0, 0.1) is 13.8 Å². The molecular weight excluding hydrogens is 266 g/mol. The summed E-state index contributed by atoms with van der Waals surface area (Å²) in [6, 6.07) is 3.07. The first-order valence-corrected chi connectivity index (χ1v) is 5.44. The van der Waals surface area contributed by atoms with Crippen LogP contribution in [0.25, 0.3) is 0 Å². The van der Waals surface area contributed by atoms with Crippen LogP contribution in [0.5, 0.6) is 0 Å². The molecule has 0 saturated heterocycles. The molecule has 15 heavy (non-hydrogen) atoms. The number of alkyl halides is 2. The van der Waals surface area contributed by atoms with Crippen molar-refractivity contribution in [2.75, 3.05) is 6.61 Å². The van der Waals surface area contributed by atoms with Gasteiger partial charge in [0, 0.05) is 23.1 Å². The predicted molar refractivity (Wildman–Crippen MR) is 59.2 cm³/mol. The number of benzene rings is 1. The van der Waals surface area contributed by atoms with Crippen LogP contribution in [0.15, 0.2) is 16.6 Å². The topological polar surface area (TPSA) is 20.2 Å². The third-order valence-corrected chi connectivity index (χ3v) is 3.62. The molecule has 1 aromatic carbocycles. The summed E-state index contributed by atoms with van der Waals surface area (Å²) in [6.07, 6.45) is -0.538. The molecule has 0 atom stereocenters. The number of hydrogen-bond acceptors (Lipinski definition) is 1. The van der Waals surface area contributed by atoms with Crippen molar-refractivity contribution >= 4 is 15.9 Å². The summed E-state index contributed by atoms with van der Waals surface area (Å²) in [5.74, 6) is -2.96. The van der Waals surface area contributed by atoms with Gasteiger partial charge in [-0.15, -0.1) is 0 Å².